The van der Waals surface area contributed by atoms with E-state index in [2.05, 4.69) is 10.6 Å². The second-order valence-electron chi connectivity index (χ2n) is 5.29. The van der Waals surface area contributed by atoms with Crippen LogP contribution in [-0.2, 0) is 14.3 Å². The molecular weight excluding hydrogens is 372 g/mol. The molecule has 0 fully saturated rings. The van der Waals surface area contributed by atoms with Crippen LogP contribution in [0.25, 0.3) is 0 Å². The summed E-state index contributed by atoms with van der Waals surface area (Å²) in [6.45, 7) is -0.312. The molecule has 0 saturated carbocycles. The number of nitrogens with one attached hydrogen (secondary N) is 2. The molecule has 0 bridgehead atoms. The maximum absolute atomic E-state index is 11.9. The maximum atomic E-state index is 11.9. The van der Waals surface area contributed by atoms with Gasteiger partial charge in [-0.25, -0.2) is 0 Å². The summed E-state index contributed by atoms with van der Waals surface area (Å²) in [5.41, 5.74) is 0.976. The second kappa shape index (κ2) is 10.2. The Morgan fingerprint density at radius 1 is 1.11 bits per heavy atom. The summed E-state index contributed by atoms with van der Waals surface area (Å²) >= 11 is 1.41. The van der Waals surface area contributed by atoms with Crippen LogP contribution in [0.3, 0.4) is 0 Å². The molecule has 0 unspecified atom stereocenters. The number of hydrogen-bond donors (Lipinski definition) is 2. The van der Waals surface area contributed by atoms with Crippen molar-refractivity contribution in [2.24, 2.45) is 0 Å². The third-order valence-corrected chi connectivity index (χ3v) is 4.13. The van der Waals surface area contributed by atoms with Crippen molar-refractivity contribution >= 4 is 34.8 Å². The highest BCUT2D eigenvalue weighted by Crippen LogP contribution is 2.28. The third kappa shape index (κ3) is 6.30. The van der Waals surface area contributed by atoms with E-state index in [1.807, 2.05) is 0 Å². The summed E-state index contributed by atoms with van der Waals surface area (Å²) in [5, 5.41) is 8.71. The molecule has 0 spiro atoms. The number of amides is 2. The minimum atomic E-state index is -0.586. The van der Waals surface area contributed by atoms with Gasteiger partial charge in [-0.1, -0.05) is 0 Å². The molecule has 0 radical (unpaired) electrons. The number of benzene rings is 1. The maximum Gasteiger partial charge on any atom is 0.308 e. The normalized spacial score (nSPS) is 10.0. The first-order chi connectivity index (χ1) is 13.0. The Balaban J connectivity index is 1.72. The smallest absolute Gasteiger partial charge is 0.308 e. The van der Waals surface area contributed by atoms with Gasteiger partial charge in [0.25, 0.3) is 11.8 Å². The third-order valence-electron chi connectivity index (χ3n) is 3.45. The zero-order valence-corrected chi connectivity index (χ0v) is 15.8. The molecule has 2 aromatic rings. The Kier molecular flexibility index (Phi) is 7.63. The SMILES string of the molecule is COc1ccc(NC(=O)COC(=O)CCNC(=O)c2ccsc2)c(OC)c1. The van der Waals surface area contributed by atoms with Crippen LogP contribution in [0.4, 0.5) is 5.69 Å². The number of carbonyl (C=O) groups is 3. The fourth-order valence-corrected chi connectivity index (χ4v) is 2.72. The van der Waals surface area contributed by atoms with Gasteiger partial charge >= 0.3 is 5.97 Å². The van der Waals surface area contributed by atoms with Gasteiger partial charge < -0.3 is 24.8 Å². The fraction of sp³-hybridized carbons (Fsp3) is 0.278. The fourth-order valence-electron chi connectivity index (χ4n) is 2.08. The molecule has 2 N–H and O–H groups in total. The Labute approximate surface area is 160 Å². The average molecular weight is 392 g/mol. The van der Waals surface area contributed by atoms with Gasteiger partial charge in [0.05, 0.1) is 26.3 Å². The van der Waals surface area contributed by atoms with Gasteiger partial charge in [-0.15, -0.1) is 0 Å². The molecular formula is C18H20N2O6S. The number of thiophene rings is 1. The molecule has 27 heavy (non-hydrogen) atoms. The molecule has 0 aliphatic heterocycles. The van der Waals surface area contributed by atoms with Gasteiger partial charge in [-0.05, 0) is 23.6 Å². The highest BCUT2D eigenvalue weighted by atomic mass is 32.1. The Morgan fingerprint density at radius 3 is 2.59 bits per heavy atom. The molecule has 1 aromatic heterocycles. The van der Waals surface area contributed by atoms with Crippen molar-refractivity contribution in [2.45, 2.75) is 6.42 Å². The van der Waals surface area contributed by atoms with Crippen LogP contribution in [0.1, 0.15) is 16.8 Å². The number of ether oxygens (including phenoxy) is 3. The lowest BCUT2D eigenvalue weighted by molar-refractivity contribution is -0.147. The van der Waals surface area contributed by atoms with Crippen LogP contribution in [0.15, 0.2) is 35.0 Å². The summed E-state index contributed by atoms with van der Waals surface area (Å²) in [4.78, 5) is 35.3. The van der Waals surface area contributed by atoms with E-state index >= 15 is 0 Å². The van der Waals surface area contributed by atoms with E-state index in [0.29, 0.717) is 22.7 Å². The van der Waals surface area contributed by atoms with Crippen LogP contribution in [0, 0.1) is 0 Å². The molecule has 2 rings (SSSR count). The molecule has 1 heterocycles. The highest BCUT2D eigenvalue weighted by Gasteiger charge is 2.12. The van der Waals surface area contributed by atoms with Crippen molar-refractivity contribution in [3.63, 3.8) is 0 Å². The van der Waals surface area contributed by atoms with Crippen molar-refractivity contribution in [1.82, 2.24) is 5.32 Å². The molecule has 8 nitrogen and oxygen atoms in total. The van der Waals surface area contributed by atoms with E-state index in [4.69, 9.17) is 14.2 Å². The van der Waals surface area contributed by atoms with Gasteiger partial charge in [0.1, 0.15) is 11.5 Å². The van der Waals surface area contributed by atoms with E-state index in [9.17, 15) is 14.4 Å². The van der Waals surface area contributed by atoms with E-state index in [1.165, 1.54) is 25.6 Å². The topological polar surface area (TPSA) is 103 Å². The predicted octanol–water partition coefficient (Wildman–Crippen LogP) is 2.07. The number of anilines is 1. The van der Waals surface area contributed by atoms with Crippen LogP contribution in [0.5, 0.6) is 11.5 Å². The van der Waals surface area contributed by atoms with E-state index in [1.54, 1.807) is 35.0 Å². The van der Waals surface area contributed by atoms with Gasteiger partial charge in [-0.3, -0.25) is 14.4 Å². The average Bonchev–Trinajstić information content (AvgIpc) is 3.21. The van der Waals surface area contributed by atoms with Crippen LogP contribution in [-0.4, -0.2) is 45.2 Å². The first kappa shape index (κ1) is 20.2. The summed E-state index contributed by atoms with van der Waals surface area (Å²) in [5.74, 6) is -0.342. The number of methoxy groups -OCH3 is 2. The summed E-state index contributed by atoms with van der Waals surface area (Å²) < 4.78 is 15.2. The molecule has 0 aliphatic carbocycles. The van der Waals surface area contributed by atoms with E-state index < -0.39 is 18.5 Å². The van der Waals surface area contributed by atoms with Crippen molar-refractivity contribution in [3.8, 4) is 11.5 Å². The molecule has 144 valence electrons. The summed E-state index contributed by atoms with van der Waals surface area (Å²) in [6.07, 6.45) is -0.0327. The minimum absolute atomic E-state index is 0.0327. The monoisotopic (exact) mass is 392 g/mol. The first-order valence-corrected chi connectivity index (χ1v) is 8.95. The molecule has 0 atom stereocenters. The van der Waals surface area contributed by atoms with Crippen molar-refractivity contribution in [3.05, 3.63) is 40.6 Å². The number of carbonyl (C=O) groups excluding carboxylic acids is 3. The van der Waals surface area contributed by atoms with Crippen LogP contribution < -0.4 is 20.1 Å². The summed E-state index contributed by atoms with van der Waals surface area (Å²) in [6, 6.07) is 6.60. The zero-order valence-electron chi connectivity index (χ0n) is 14.9. The number of rotatable bonds is 9. The molecule has 1 aromatic carbocycles. The van der Waals surface area contributed by atoms with E-state index in [0.717, 1.165) is 0 Å². The second-order valence-corrected chi connectivity index (χ2v) is 6.07. The predicted molar refractivity (Wildman–Crippen MR) is 100 cm³/mol. The molecule has 0 saturated heterocycles. The number of hydrogen-bond acceptors (Lipinski definition) is 7. The molecule has 9 heteroatoms. The minimum Gasteiger partial charge on any atom is -0.497 e. The van der Waals surface area contributed by atoms with Gasteiger partial charge in [-0.2, -0.15) is 11.3 Å². The Hall–Kier alpha value is -3.07. The van der Waals surface area contributed by atoms with Crippen LogP contribution >= 0.6 is 11.3 Å². The molecule has 2 amide bonds. The summed E-state index contributed by atoms with van der Waals surface area (Å²) in [7, 11) is 2.99. The lowest BCUT2D eigenvalue weighted by Gasteiger charge is -2.12. The first-order valence-electron chi connectivity index (χ1n) is 8.01. The quantitative estimate of drug-likeness (QED) is 0.634. The standard InChI is InChI=1S/C18H20N2O6S/c1-24-13-3-4-14(15(9-13)25-2)20-16(21)10-26-17(22)5-7-19-18(23)12-6-8-27-11-12/h3-4,6,8-9,11H,5,7,10H2,1-2H3,(H,19,23)(H,20,21). The highest BCUT2D eigenvalue weighted by molar-refractivity contribution is 7.08. The largest absolute Gasteiger partial charge is 0.497 e. The zero-order chi connectivity index (χ0) is 19.6. The lowest BCUT2D eigenvalue weighted by atomic mass is 10.2. The van der Waals surface area contributed by atoms with Crippen LogP contribution in [0.2, 0.25) is 0 Å². The van der Waals surface area contributed by atoms with Crippen molar-refractivity contribution in [1.29, 1.82) is 0 Å². The Bertz CT molecular complexity index is 791. The van der Waals surface area contributed by atoms with Gasteiger partial charge in [0.15, 0.2) is 6.61 Å². The Morgan fingerprint density at radius 2 is 1.93 bits per heavy atom. The lowest BCUT2D eigenvalue weighted by Crippen LogP contribution is -2.27. The van der Waals surface area contributed by atoms with Gasteiger partial charge in [0.2, 0.25) is 0 Å². The van der Waals surface area contributed by atoms with E-state index in [-0.39, 0.29) is 18.9 Å². The number of esters is 1. The molecule has 0 aliphatic rings. The van der Waals surface area contributed by atoms with Crippen molar-refractivity contribution in [2.75, 3.05) is 32.7 Å². The van der Waals surface area contributed by atoms with Crippen molar-refractivity contribution < 1.29 is 28.6 Å². The van der Waals surface area contributed by atoms with Gasteiger partial charge in [0, 0.05) is 23.6 Å².